The lowest BCUT2D eigenvalue weighted by molar-refractivity contribution is -0.122. The second kappa shape index (κ2) is 5.25. The van der Waals surface area contributed by atoms with Crippen LogP contribution in [-0.2, 0) is 4.79 Å². The number of furan rings is 1. The molecule has 1 aromatic heterocycles. The summed E-state index contributed by atoms with van der Waals surface area (Å²) in [5.74, 6) is -0.967. The van der Waals surface area contributed by atoms with E-state index in [-0.39, 0.29) is 0 Å². The van der Waals surface area contributed by atoms with E-state index in [1.165, 1.54) is 6.26 Å². The molecule has 3 atom stereocenters. The molecule has 1 amide bonds. The average Bonchev–Trinajstić information content (AvgIpc) is 3.25. The molecule has 0 saturated carbocycles. The molecule has 2 aliphatic heterocycles. The monoisotopic (exact) mass is 330 g/mol. The normalized spacial score (nSPS) is 25.5. The molecular formula is C19H14N4O2. The Bertz CT molecular complexity index is 935. The molecule has 1 aromatic carbocycles. The zero-order valence-electron chi connectivity index (χ0n) is 13.2. The minimum absolute atomic E-state index is 0.409. The van der Waals surface area contributed by atoms with Gasteiger partial charge in [-0.05, 0) is 29.3 Å². The molecule has 0 spiro atoms. The Kier molecular flexibility index (Phi) is 3.16. The van der Waals surface area contributed by atoms with Crippen molar-refractivity contribution in [2.75, 3.05) is 0 Å². The van der Waals surface area contributed by atoms with Gasteiger partial charge in [0.2, 0.25) is 5.91 Å². The molecule has 1 saturated heterocycles. The summed E-state index contributed by atoms with van der Waals surface area (Å²) in [7, 11) is 0. The van der Waals surface area contributed by atoms with Crippen LogP contribution in [0.4, 0.5) is 0 Å². The van der Waals surface area contributed by atoms with Crippen molar-refractivity contribution in [1.29, 1.82) is 10.5 Å². The quantitative estimate of drug-likeness (QED) is 0.909. The maximum atomic E-state index is 12.3. The van der Waals surface area contributed by atoms with Gasteiger partial charge in [0.25, 0.3) is 0 Å². The fourth-order valence-corrected chi connectivity index (χ4v) is 4.10. The lowest BCUT2D eigenvalue weighted by Crippen LogP contribution is -2.41. The first kappa shape index (κ1) is 15.0. The molecule has 1 fully saturated rings. The molecule has 2 aliphatic rings. The molecule has 3 unspecified atom stereocenters. The van der Waals surface area contributed by atoms with Crippen LogP contribution >= 0.6 is 0 Å². The van der Waals surface area contributed by atoms with Crippen LogP contribution < -0.4 is 5.73 Å². The standard InChI is InChI=1S/C19H14N4O2/c20-10-19(11-21)15(14-6-3-9-25-14)16(18(22)24)23-8-7-12-4-1-2-5-13(12)17(19)23/h1-9,15-17H,(H2,22,24). The van der Waals surface area contributed by atoms with Gasteiger partial charge in [0, 0.05) is 6.20 Å². The first-order chi connectivity index (χ1) is 12.1. The number of fused-ring (bicyclic) bond motifs is 3. The summed E-state index contributed by atoms with van der Waals surface area (Å²) in [6.45, 7) is 0. The Hall–Kier alpha value is -3.51. The topological polar surface area (TPSA) is 107 Å². The van der Waals surface area contributed by atoms with Gasteiger partial charge in [-0.1, -0.05) is 24.3 Å². The van der Waals surface area contributed by atoms with E-state index in [9.17, 15) is 15.3 Å². The molecule has 25 heavy (non-hydrogen) atoms. The SMILES string of the molecule is N#CC1(C#N)C(c2ccco2)C(C(N)=O)N2C=Cc3ccccc3C21. The van der Waals surface area contributed by atoms with Crippen molar-refractivity contribution in [3.63, 3.8) is 0 Å². The second-order valence-corrected chi connectivity index (χ2v) is 6.23. The molecule has 2 aromatic rings. The third-order valence-corrected chi connectivity index (χ3v) is 5.08. The van der Waals surface area contributed by atoms with Crippen molar-refractivity contribution in [1.82, 2.24) is 4.90 Å². The average molecular weight is 330 g/mol. The predicted molar refractivity (Wildman–Crippen MR) is 88.1 cm³/mol. The minimum atomic E-state index is -1.50. The summed E-state index contributed by atoms with van der Waals surface area (Å²) in [5, 5.41) is 20.1. The minimum Gasteiger partial charge on any atom is -0.469 e. The van der Waals surface area contributed by atoms with Crippen LogP contribution in [0, 0.1) is 28.1 Å². The van der Waals surface area contributed by atoms with Gasteiger partial charge in [0.05, 0.1) is 30.4 Å². The summed E-state index contributed by atoms with van der Waals surface area (Å²) in [6.07, 6.45) is 5.08. The number of hydrogen-bond donors (Lipinski definition) is 1. The Morgan fingerprint density at radius 3 is 2.60 bits per heavy atom. The van der Waals surface area contributed by atoms with Crippen molar-refractivity contribution in [3.05, 3.63) is 65.7 Å². The summed E-state index contributed by atoms with van der Waals surface area (Å²) in [5.41, 5.74) is 5.92. The van der Waals surface area contributed by atoms with Gasteiger partial charge >= 0.3 is 0 Å². The van der Waals surface area contributed by atoms with Crippen molar-refractivity contribution < 1.29 is 9.21 Å². The number of benzene rings is 1. The molecule has 122 valence electrons. The number of rotatable bonds is 2. The van der Waals surface area contributed by atoms with E-state index in [0.29, 0.717) is 5.76 Å². The van der Waals surface area contributed by atoms with E-state index in [2.05, 4.69) is 12.1 Å². The van der Waals surface area contributed by atoms with Crippen LogP contribution in [0.2, 0.25) is 0 Å². The van der Waals surface area contributed by atoms with Crippen molar-refractivity contribution >= 4 is 12.0 Å². The van der Waals surface area contributed by atoms with Gasteiger partial charge in [0.15, 0.2) is 5.41 Å². The zero-order chi connectivity index (χ0) is 17.6. The largest absolute Gasteiger partial charge is 0.469 e. The molecule has 6 heteroatoms. The maximum Gasteiger partial charge on any atom is 0.240 e. The van der Waals surface area contributed by atoms with Crippen LogP contribution in [0.25, 0.3) is 6.08 Å². The van der Waals surface area contributed by atoms with Crippen LogP contribution in [-0.4, -0.2) is 16.8 Å². The number of nitriles is 2. The first-order valence-electron chi connectivity index (χ1n) is 7.84. The number of primary amides is 1. The van der Waals surface area contributed by atoms with E-state index >= 15 is 0 Å². The van der Waals surface area contributed by atoms with Crippen molar-refractivity contribution in [2.24, 2.45) is 11.1 Å². The van der Waals surface area contributed by atoms with Crippen LogP contribution in [0.3, 0.4) is 0 Å². The Balaban J connectivity index is 2.02. The predicted octanol–water partition coefficient (Wildman–Crippen LogP) is 2.29. The van der Waals surface area contributed by atoms with E-state index in [1.54, 1.807) is 23.2 Å². The smallest absolute Gasteiger partial charge is 0.240 e. The van der Waals surface area contributed by atoms with Gasteiger partial charge in [-0.3, -0.25) is 4.79 Å². The van der Waals surface area contributed by atoms with Crippen molar-refractivity contribution in [3.8, 4) is 12.1 Å². The van der Waals surface area contributed by atoms with Crippen LogP contribution in [0.15, 0.2) is 53.3 Å². The lowest BCUT2D eigenvalue weighted by atomic mass is 9.69. The van der Waals surface area contributed by atoms with E-state index in [4.69, 9.17) is 10.2 Å². The van der Waals surface area contributed by atoms with Crippen molar-refractivity contribution in [2.45, 2.75) is 18.0 Å². The summed E-state index contributed by atoms with van der Waals surface area (Å²) < 4.78 is 5.49. The number of hydrogen-bond acceptors (Lipinski definition) is 5. The van der Waals surface area contributed by atoms with Gasteiger partial charge in [0.1, 0.15) is 11.8 Å². The van der Waals surface area contributed by atoms with E-state index in [1.807, 2.05) is 30.3 Å². The third-order valence-electron chi connectivity index (χ3n) is 5.08. The summed E-state index contributed by atoms with van der Waals surface area (Å²) in [6, 6.07) is 13.8. The highest BCUT2D eigenvalue weighted by Crippen LogP contribution is 2.59. The second-order valence-electron chi connectivity index (χ2n) is 6.23. The third kappa shape index (κ3) is 1.85. The fourth-order valence-electron chi connectivity index (χ4n) is 4.10. The summed E-state index contributed by atoms with van der Waals surface area (Å²) >= 11 is 0. The maximum absolute atomic E-state index is 12.3. The zero-order valence-corrected chi connectivity index (χ0v) is 13.2. The van der Waals surface area contributed by atoms with Crippen LogP contribution in [0.5, 0.6) is 0 Å². The number of carbonyl (C=O) groups is 1. The van der Waals surface area contributed by atoms with Crippen LogP contribution in [0.1, 0.15) is 28.8 Å². The molecule has 3 heterocycles. The first-order valence-corrected chi connectivity index (χ1v) is 7.84. The van der Waals surface area contributed by atoms with Gasteiger partial charge in [-0.2, -0.15) is 10.5 Å². The molecule has 0 radical (unpaired) electrons. The molecular weight excluding hydrogens is 316 g/mol. The lowest BCUT2D eigenvalue weighted by Gasteiger charge is -2.34. The Morgan fingerprint density at radius 2 is 1.96 bits per heavy atom. The molecule has 0 aliphatic carbocycles. The van der Waals surface area contributed by atoms with Gasteiger partial charge in [-0.25, -0.2) is 0 Å². The molecule has 6 nitrogen and oxygen atoms in total. The molecule has 0 bridgehead atoms. The fraction of sp³-hybridized carbons (Fsp3) is 0.211. The number of nitrogens with zero attached hydrogens (tertiary/aromatic N) is 3. The molecule has 4 rings (SSSR count). The highest BCUT2D eigenvalue weighted by molar-refractivity contribution is 5.83. The highest BCUT2D eigenvalue weighted by atomic mass is 16.3. The Morgan fingerprint density at radius 1 is 1.20 bits per heavy atom. The van der Waals surface area contributed by atoms with E-state index in [0.717, 1.165) is 11.1 Å². The number of nitrogens with two attached hydrogens (primary N) is 1. The van der Waals surface area contributed by atoms with Gasteiger partial charge < -0.3 is 15.1 Å². The molecule has 2 N–H and O–H groups in total. The number of carbonyl (C=O) groups excluding carboxylic acids is 1. The Labute approximate surface area is 144 Å². The van der Waals surface area contributed by atoms with E-state index < -0.39 is 29.3 Å². The summed E-state index contributed by atoms with van der Waals surface area (Å²) in [4.78, 5) is 14.0. The number of amides is 1. The van der Waals surface area contributed by atoms with Gasteiger partial charge in [-0.15, -0.1) is 0 Å². The highest BCUT2D eigenvalue weighted by Gasteiger charge is 2.64.